The monoisotopic (exact) mass is 620 g/mol. The number of hydrogen-bond acceptors (Lipinski definition) is 5. The van der Waals surface area contributed by atoms with Crippen LogP contribution in [0.15, 0.2) is 140 Å². The molecule has 8 aromatic rings. The average Bonchev–Trinajstić information content (AvgIpc) is 3.53. The first-order chi connectivity index (χ1) is 23.3. The summed E-state index contributed by atoms with van der Waals surface area (Å²) in [5.74, 6) is 1.97. The molecule has 0 fully saturated rings. The van der Waals surface area contributed by atoms with Gasteiger partial charge < -0.3 is 0 Å². The zero-order valence-corrected chi connectivity index (χ0v) is 26.3. The van der Waals surface area contributed by atoms with E-state index in [4.69, 9.17) is 19.9 Å². The summed E-state index contributed by atoms with van der Waals surface area (Å²) in [6.45, 7) is 0. The highest BCUT2D eigenvalue weighted by Gasteiger charge is 2.18. The van der Waals surface area contributed by atoms with Crippen LogP contribution in [0.2, 0.25) is 0 Å². The van der Waals surface area contributed by atoms with E-state index in [1.54, 1.807) is 0 Å². The molecule has 0 amide bonds. The van der Waals surface area contributed by atoms with Gasteiger partial charge in [-0.1, -0.05) is 121 Å². The summed E-state index contributed by atoms with van der Waals surface area (Å²) >= 11 is 1.83. The lowest BCUT2D eigenvalue weighted by Crippen LogP contribution is -2.00. The number of hydrogen-bond donors (Lipinski definition) is 0. The molecule has 0 atom stereocenters. The molecule has 1 aliphatic rings. The first-order valence-corrected chi connectivity index (χ1v) is 16.7. The van der Waals surface area contributed by atoms with E-state index in [0.29, 0.717) is 17.5 Å². The molecule has 0 saturated carbocycles. The Hall–Kier alpha value is -5.78. The smallest absolute Gasteiger partial charge is 0.164 e. The van der Waals surface area contributed by atoms with Gasteiger partial charge in [0.2, 0.25) is 0 Å². The molecule has 1 aliphatic carbocycles. The summed E-state index contributed by atoms with van der Waals surface area (Å²) in [5, 5.41) is 2.48. The first kappa shape index (κ1) is 27.5. The van der Waals surface area contributed by atoms with Gasteiger partial charge in [0.1, 0.15) is 0 Å². The van der Waals surface area contributed by atoms with E-state index in [9.17, 15) is 0 Å². The predicted molar refractivity (Wildman–Crippen MR) is 195 cm³/mol. The van der Waals surface area contributed by atoms with Gasteiger partial charge in [-0.15, -0.1) is 11.3 Å². The van der Waals surface area contributed by atoms with Gasteiger partial charge in [0.15, 0.2) is 17.5 Å². The van der Waals surface area contributed by atoms with Crippen LogP contribution in [0.1, 0.15) is 17.5 Å². The summed E-state index contributed by atoms with van der Waals surface area (Å²) < 4.78 is 2.51. The predicted octanol–water partition coefficient (Wildman–Crippen LogP) is 10.9. The number of nitrogens with zero attached hydrogens (tertiary/aromatic N) is 4. The van der Waals surface area contributed by atoms with Crippen molar-refractivity contribution in [1.29, 1.82) is 0 Å². The lowest BCUT2D eigenvalue weighted by molar-refractivity contribution is 0.986. The molecule has 3 heterocycles. The molecule has 0 unspecified atom stereocenters. The van der Waals surface area contributed by atoms with E-state index in [1.807, 2.05) is 78.2 Å². The number of pyridine rings is 1. The number of benzene rings is 5. The van der Waals surface area contributed by atoms with Crippen LogP contribution < -0.4 is 0 Å². The molecule has 222 valence electrons. The molecule has 9 rings (SSSR count). The summed E-state index contributed by atoms with van der Waals surface area (Å²) in [7, 11) is 0. The number of aromatic nitrogens is 4. The second-order valence-electron chi connectivity index (χ2n) is 11.8. The highest BCUT2D eigenvalue weighted by molar-refractivity contribution is 7.26. The Kier molecular flexibility index (Phi) is 6.76. The summed E-state index contributed by atoms with van der Waals surface area (Å²) in [5.41, 5.74) is 10.2. The number of rotatable bonds is 5. The van der Waals surface area contributed by atoms with E-state index in [2.05, 4.69) is 78.9 Å². The maximum atomic E-state index is 4.95. The Morgan fingerprint density at radius 1 is 0.532 bits per heavy atom. The molecule has 5 heteroatoms. The Morgan fingerprint density at radius 2 is 1.19 bits per heavy atom. The Morgan fingerprint density at radius 3 is 1.96 bits per heavy atom. The fourth-order valence-corrected chi connectivity index (χ4v) is 7.72. The summed E-state index contributed by atoms with van der Waals surface area (Å²) in [4.78, 5) is 19.7. The minimum atomic E-state index is 0.652. The quantitative estimate of drug-likeness (QED) is 0.192. The van der Waals surface area contributed by atoms with Crippen LogP contribution in [-0.4, -0.2) is 19.9 Å². The standard InChI is InChI=1S/C42H28N4S/c1-3-12-28(13-4-1)40-44-41(29-14-5-2-6-15-29)46-42(45-40)32-18-9-17-30(25-32)31-21-22-35-37(26-31)47-36-23-24-43-39(38(35)36)34-20-10-16-27-11-7-8-19-33(27)34/h1-7,9-18,20-26H,8,19H2. The zero-order chi connectivity index (χ0) is 31.2. The lowest BCUT2D eigenvalue weighted by atomic mass is 9.90. The van der Waals surface area contributed by atoms with Crippen molar-refractivity contribution in [2.24, 2.45) is 0 Å². The van der Waals surface area contributed by atoms with E-state index in [-0.39, 0.29) is 0 Å². The molecule has 5 aromatic carbocycles. The van der Waals surface area contributed by atoms with E-state index in [1.165, 1.54) is 36.9 Å². The maximum absolute atomic E-state index is 4.95. The van der Waals surface area contributed by atoms with Crippen molar-refractivity contribution in [3.8, 4) is 56.5 Å². The molecule has 0 saturated heterocycles. The van der Waals surface area contributed by atoms with Gasteiger partial charge in [0, 0.05) is 48.6 Å². The van der Waals surface area contributed by atoms with Crippen LogP contribution in [0.25, 0.3) is 82.8 Å². The fraction of sp³-hybridized carbons (Fsp3) is 0.0476. The fourth-order valence-electron chi connectivity index (χ4n) is 6.58. The van der Waals surface area contributed by atoms with Crippen LogP contribution >= 0.6 is 11.3 Å². The second-order valence-corrected chi connectivity index (χ2v) is 12.9. The van der Waals surface area contributed by atoms with Gasteiger partial charge >= 0.3 is 0 Å². The lowest BCUT2D eigenvalue weighted by Gasteiger charge is -2.16. The molecule has 3 aromatic heterocycles. The van der Waals surface area contributed by atoms with Crippen LogP contribution in [0.3, 0.4) is 0 Å². The van der Waals surface area contributed by atoms with Crippen LogP contribution in [0.5, 0.6) is 0 Å². The van der Waals surface area contributed by atoms with Crippen molar-refractivity contribution in [2.75, 3.05) is 0 Å². The highest BCUT2D eigenvalue weighted by Crippen LogP contribution is 2.42. The normalized spacial score (nSPS) is 12.4. The molecule has 0 aliphatic heterocycles. The van der Waals surface area contributed by atoms with Gasteiger partial charge in [-0.3, -0.25) is 4.98 Å². The van der Waals surface area contributed by atoms with Gasteiger partial charge in [-0.05, 0) is 53.3 Å². The van der Waals surface area contributed by atoms with Gasteiger partial charge in [-0.2, -0.15) is 0 Å². The van der Waals surface area contributed by atoms with Crippen molar-refractivity contribution in [3.63, 3.8) is 0 Å². The maximum Gasteiger partial charge on any atom is 0.164 e. The van der Waals surface area contributed by atoms with Crippen LogP contribution in [-0.2, 0) is 6.42 Å². The zero-order valence-electron chi connectivity index (χ0n) is 25.5. The average molecular weight is 621 g/mol. The Balaban J connectivity index is 1.14. The van der Waals surface area contributed by atoms with Crippen LogP contribution in [0, 0.1) is 0 Å². The van der Waals surface area contributed by atoms with E-state index >= 15 is 0 Å². The molecule has 4 nitrogen and oxygen atoms in total. The summed E-state index contributed by atoms with van der Waals surface area (Å²) in [6.07, 6.45) is 8.58. The van der Waals surface area contributed by atoms with E-state index in [0.717, 1.165) is 46.4 Å². The van der Waals surface area contributed by atoms with Crippen molar-refractivity contribution in [1.82, 2.24) is 19.9 Å². The largest absolute Gasteiger partial charge is 0.255 e. The van der Waals surface area contributed by atoms with Crippen molar-refractivity contribution >= 4 is 37.6 Å². The highest BCUT2D eigenvalue weighted by atomic mass is 32.1. The number of thiophene rings is 1. The Bertz CT molecular complexity index is 2410. The topological polar surface area (TPSA) is 51.6 Å². The molecule has 47 heavy (non-hydrogen) atoms. The molecule has 0 bridgehead atoms. The van der Waals surface area contributed by atoms with Gasteiger partial charge in [0.05, 0.1) is 5.69 Å². The summed E-state index contributed by atoms with van der Waals surface area (Å²) in [6, 6.07) is 44.2. The van der Waals surface area contributed by atoms with Crippen LogP contribution in [0.4, 0.5) is 0 Å². The third-order valence-electron chi connectivity index (χ3n) is 8.86. The molecule has 0 spiro atoms. The first-order valence-electron chi connectivity index (χ1n) is 15.9. The van der Waals surface area contributed by atoms with Crippen molar-refractivity contribution < 1.29 is 0 Å². The molecule has 0 radical (unpaired) electrons. The minimum Gasteiger partial charge on any atom is -0.255 e. The van der Waals surface area contributed by atoms with Gasteiger partial charge in [-0.25, -0.2) is 15.0 Å². The molecule has 0 N–H and O–H groups in total. The molecular weight excluding hydrogens is 593 g/mol. The Labute approximate surface area is 276 Å². The van der Waals surface area contributed by atoms with Crippen molar-refractivity contribution in [2.45, 2.75) is 12.8 Å². The van der Waals surface area contributed by atoms with Crippen molar-refractivity contribution in [3.05, 3.63) is 151 Å². The molecular formula is C42H28N4S. The number of fused-ring (bicyclic) bond motifs is 4. The van der Waals surface area contributed by atoms with Gasteiger partial charge in [0.25, 0.3) is 0 Å². The van der Waals surface area contributed by atoms with E-state index < -0.39 is 0 Å². The third-order valence-corrected chi connectivity index (χ3v) is 9.98. The SMILES string of the molecule is C1=Cc2cccc(-c3nccc4sc5cc(-c6cccc(-c7nc(-c8ccccc8)nc(-c8ccccc8)n7)c6)ccc5c34)c2CC1. The second kappa shape index (κ2) is 11.5. The number of allylic oxidation sites excluding steroid dienone is 1. The third kappa shape index (κ3) is 5.02. The minimum absolute atomic E-state index is 0.652.